The Bertz CT molecular complexity index is 812. The van der Waals surface area contributed by atoms with Crippen molar-refractivity contribution in [1.29, 1.82) is 0 Å². The van der Waals surface area contributed by atoms with Crippen molar-refractivity contribution in [2.45, 2.75) is 13.8 Å². The molecule has 8 heteroatoms. The fourth-order valence-corrected chi connectivity index (χ4v) is 2.39. The number of nitrogens with zero attached hydrogens (tertiary/aromatic N) is 1. The molecule has 140 valence electrons. The maximum atomic E-state index is 12.0. The molecule has 2 aromatic rings. The molecule has 2 aromatic carbocycles. The van der Waals surface area contributed by atoms with Crippen LogP contribution in [-0.2, 0) is 0 Å². The molecule has 4 N–H and O–H groups in total. The Balaban J connectivity index is 0.00000338. The molecular formula is C18H21Cl2IN4O. The molecule has 0 aliphatic carbocycles. The zero-order chi connectivity index (χ0) is 18.4. The highest BCUT2D eigenvalue weighted by molar-refractivity contribution is 14.0. The minimum atomic E-state index is -0.241. The summed E-state index contributed by atoms with van der Waals surface area (Å²) in [7, 11) is 0. The third kappa shape index (κ3) is 6.66. The Kier molecular flexibility index (Phi) is 9.18. The number of carbonyl (C=O) groups is 1. The first kappa shape index (κ1) is 22.5. The van der Waals surface area contributed by atoms with Gasteiger partial charge in [0.1, 0.15) is 0 Å². The zero-order valence-corrected chi connectivity index (χ0v) is 18.3. The van der Waals surface area contributed by atoms with E-state index in [0.717, 1.165) is 5.69 Å². The van der Waals surface area contributed by atoms with Crippen LogP contribution in [-0.4, -0.2) is 25.0 Å². The molecule has 26 heavy (non-hydrogen) atoms. The predicted molar refractivity (Wildman–Crippen MR) is 120 cm³/mol. The summed E-state index contributed by atoms with van der Waals surface area (Å²) >= 11 is 11.7. The summed E-state index contributed by atoms with van der Waals surface area (Å²) in [4.78, 5) is 16.2. The van der Waals surface area contributed by atoms with Crippen LogP contribution >= 0.6 is 47.2 Å². The predicted octanol–water partition coefficient (Wildman–Crippen LogP) is 4.38. The van der Waals surface area contributed by atoms with E-state index in [9.17, 15) is 4.79 Å². The quantitative estimate of drug-likeness (QED) is 0.243. The zero-order valence-electron chi connectivity index (χ0n) is 14.5. The van der Waals surface area contributed by atoms with Crippen molar-refractivity contribution in [3.63, 3.8) is 0 Å². The number of nitrogens with two attached hydrogens (primary N) is 1. The van der Waals surface area contributed by atoms with Crippen molar-refractivity contribution in [2.24, 2.45) is 10.7 Å². The number of hydrogen-bond acceptors (Lipinski definition) is 2. The average Bonchev–Trinajstić information content (AvgIpc) is 2.57. The van der Waals surface area contributed by atoms with E-state index < -0.39 is 0 Å². The van der Waals surface area contributed by atoms with Crippen molar-refractivity contribution < 1.29 is 4.79 Å². The van der Waals surface area contributed by atoms with Crippen LogP contribution < -0.4 is 16.4 Å². The lowest BCUT2D eigenvalue weighted by Gasteiger charge is -2.08. The van der Waals surface area contributed by atoms with Crippen LogP contribution in [0.15, 0.2) is 41.4 Å². The highest BCUT2D eigenvalue weighted by Crippen LogP contribution is 2.22. The van der Waals surface area contributed by atoms with Crippen LogP contribution in [0.5, 0.6) is 0 Å². The Labute approximate surface area is 180 Å². The number of anilines is 1. The smallest absolute Gasteiger partial charge is 0.251 e. The molecule has 0 atom stereocenters. The van der Waals surface area contributed by atoms with Crippen LogP contribution in [0.4, 0.5) is 5.69 Å². The van der Waals surface area contributed by atoms with Gasteiger partial charge >= 0.3 is 0 Å². The number of carbonyl (C=O) groups excluding carboxylic acids is 1. The molecule has 0 aliphatic rings. The molecular weight excluding hydrogens is 486 g/mol. The minimum Gasteiger partial charge on any atom is -0.370 e. The summed E-state index contributed by atoms with van der Waals surface area (Å²) in [6, 6.07) is 10.7. The summed E-state index contributed by atoms with van der Waals surface area (Å²) in [5.74, 6) is 0.0569. The monoisotopic (exact) mass is 506 g/mol. The van der Waals surface area contributed by atoms with E-state index >= 15 is 0 Å². The molecule has 0 radical (unpaired) electrons. The summed E-state index contributed by atoms with van der Waals surface area (Å²) in [5, 5.41) is 6.53. The largest absolute Gasteiger partial charge is 0.370 e. The molecule has 0 saturated heterocycles. The van der Waals surface area contributed by atoms with Crippen LogP contribution in [0.3, 0.4) is 0 Å². The molecule has 0 fully saturated rings. The first-order chi connectivity index (χ1) is 11.9. The SMILES string of the molecule is Cc1ccc(NC(N)=NCCNC(=O)c2ccc(Cl)c(Cl)c2)cc1C.I. The average molecular weight is 507 g/mol. The van der Waals surface area contributed by atoms with Gasteiger partial charge in [-0.15, -0.1) is 24.0 Å². The second-order valence-electron chi connectivity index (χ2n) is 5.58. The molecule has 1 amide bonds. The van der Waals surface area contributed by atoms with Crippen LogP contribution in [0.2, 0.25) is 10.0 Å². The van der Waals surface area contributed by atoms with E-state index in [2.05, 4.69) is 15.6 Å². The van der Waals surface area contributed by atoms with Crippen LogP contribution in [0, 0.1) is 13.8 Å². The van der Waals surface area contributed by atoms with Gasteiger partial charge in [-0.05, 0) is 55.3 Å². The van der Waals surface area contributed by atoms with E-state index in [1.165, 1.54) is 17.2 Å². The van der Waals surface area contributed by atoms with Crippen molar-refractivity contribution in [3.8, 4) is 0 Å². The van der Waals surface area contributed by atoms with Crippen LogP contribution in [0.25, 0.3) is 0 Å². The fourth-order valence-electron chi connectivity index (χ4n) is 2.09. The molecule has 2 rings (SSSR count). The van der Waals surface area contributed by atoms with Crippen molar-refractivity contribution in [3.05, 3.63) is 63.1 Å². The van der Waals surface area contributed by atoms with Crippen LogP contribution in [0.1, 0.15) is 21.5 Å². The Morgan fingerprint density at radius 1 is 1.08 bits per heavy atom. The minimum absolute atomic E-state index is 0. The molecule has 5 nitrogen and oxygen atoms in total. The highest BCUT2D eigenvalue weighted by atomic mass is 127. The number of aryl methyl sites for hydroxylation is 2. The summed E-state index contributed by atoms with van der Waals surface area (Å²) in [6.45, 7) is 4.80. The number of benzene rings is 2. The molecule has 0 bridgehead atoms. The lowest BCUT2D eigenvalue weighted by atomic mass is 10.1. The summed E-state index contributed by atoms with van der Waals surface area (Å²) in [6.07, 6.45) is 0. The normalized spacial score (nSPS) is 10.8. The number of rotatable bonds is 5. The molecule has 0 heterocycles. The maximum absolute atomic E-state index is 12.0. The van der Waals surface area contributed by atoms with Crippen molar-refractivity contribution >= 4 is 64.7 Å². The molecule has 0 saturated carbocycles. The highest BCUT2D eigenvalue weighted by Gasteiger charge is 2.07. The first-order valence-electron chi connectivity index (χ1n) is 7.74. The molecule has 0 aromatic heterocycles. The maximum Gasteiger partial charge on any atom is 0.251 e. The van der Waals surface area contributed by atoms with E-state index in [-0.39, 0.29) is 29.9 Å². The van der Waals surface area contributed by atoms with Gasteiger partial charge in [-0.2, -0.15) is 0 Å². The van der Waals surface area contributed by atoms with Gasteiger partial charge in [-0.1, -0.05) is 29.3 Å². The topological polar surface area (TPSA) is 79.5 Å². The second-order valence-corrected chi connectivity index (χ2v) is 6.39. The van der Waals surface area contributed by atoms with E-state index in [0.29, 0.717) is 34.7 Å². The lowest BCUT2D eigenvalue weighted by Crippen LogP contribution is -2.28. The van der Waals surface area contributed by atoms with E-state index in [1.54, 1.807) is 12.1 Å². The fraction of sp³-hybridized carbons (Fsp3) is 0.222. The van der Waals surface area contributed by atoms with Gasteiger partial charge < -0.3 is 16.4 Å². The van der Waals surface area contributed by atoms with Gasteiger partial charge in [0.25, 0.3) is 5.91 Å². The lowest BCUT2D eigenvalue weighted by molar-refractivity contribution is 0.0955. The number of hydrogen-bond donors (Lipinski definition) is 3. The van der Waals surface area contributed by atoms with Gasteiger partial charge in [-0.25, -0.2) is 0 Å². The van der Waals surface area contributed by atoms with Gasteiger partial charge in [-0.3, -0.25) is 9.79 Å². The van der Waals surface area contributed by atoms with Crippen molar-refractivity contribution in [2.75, 3.05) is 18.4 Å². The summed E-state index contributed by atoms with van der Waals surface area (Å²) < 4.78 is 0. The van der Waals surface area contributed by atoms with E-state index in [4.69, 9.17) is 28.9 Å². The third-order valence-corrected chi connectivity index (χ3v) is 4.38. The number of guanidine groups is 1. The Morgan fingerprint density at radius 2 is 1.81 bits per heavy atom. The van der Waals surface area contributed by atoms with Crippen molar-refractivity contribution in [1.82, 2.24) is 5.32 Å². The summed E-state index contributed by atoms with van der Waals surface area (Å²) in [5.41, 5.74) is 9.56. The van der Waals surface area contributed by atoms with Gasteiger partial charge in [0.15, 0.2) is 5.96 Å². The molecule has 0 spiro atoms. The molecule has 0 aliphatic heterocycles. The Hall–Kier alpha value is -1.51. The molecule has 0 unspecified atom stereocenters. The number of aliphatic imine (C=N–C) groups is 1. The standard InChI is InChI=1S/C18H20Cl2N4O.HI/c1-11-3-5-14(9-12(11)2)24-18(21)23-8-7-22-17(25)13-4-6-15(19)16(20)10-13;/h3-6,9-10H,7-8H2,1-2H3,(H,22,25)(H3,21,23,24);1H. The Morgan fingerprint density at radius 3 is 2.46 bits per heavy atom. The van der Waals surface area contributed by atoms with Gasteiger partial charge in [0, 0.05) is 17.8 Å². The number of halogens is 3. The van der Waals surface area contributed by atoms with Gasteiger partial charge in [0.2, 0.25) is 0 Å². The van der Waals surface area contributed by atoms with E-state index in [1.807, 2.05) is 32.0 Å². The first-order valence-corrected chi connectivity index (χ1v) is 8.50. The third-order valence-electron chi connectivity index (χ3n) is 3.64. The second kappa shape index (κ2) is 10.6. The number of amides is 1. The number of nitrogens with one attached hydrogen (secondary N) is 2. The van der Waals surface area contributed by atoms with Gasteiger partial charge in [0.05, 0.1) is 16.6 Å².